The van der Waals surface area contributed by atoms with Crippen molar-refractivity contribution in [2.45, 2.75) is 25.8 Å². The Bertz CT molecular complexity index is 385. The molecule has 1 aromatic carbocycles. The molecule has 0 spiro atoms. The quantitative estimate of drug-likeness (QED) is 0.856. The Morgan fingerprint density at radius 3 is 2.83 bits per heavy atom. The van der Waals surface area contributed by atoms with Crippen molar-refractivity contribution < 1.29 is 9.18 Å². The van der Waals surface area contributed by atoms with Gasteiger partial charge < -0.3 is 10.6 Å². The van der Waals surface area contributed by atoms with Gasteiger partial charge in [0, 0.05) is 13.0 Å². The van der Waals surface area contributed by atoms with Crippen LogP contribution in [0.4, 0.5) is 4.39 Å². The summed E-state index contributed by atoms with van der Waals surface area (Å²) in [6.45, 7) is 2.47. The maximum Gasteiger partial charge on any atom is 0.220 e. The lowest BCUT2D eigenvalue weighted by Crippen LogP contribution is -2.34. The zero-order valence-electron chi connectivity index (χ0n) is 10.4. The highest BCUT2D eigenvalue weighted by Crippen LogP contribution is 2.13. The second-order valence-electron chi connectivity index (χ2n) is 4.82. The van der Waals surface area contributed by atoms with Crippen LogP contribution >= 0.6 is 0 Å². The normalized spacial score (nSPS) is 19.5. The third-order valence-corrected chi connectivity index (χ3v) is 3.28. The van der Waals surface area contributed by atoms with Gasteiger partial charge in [0.2, 0.25) is 5.91 Å². The van der Waals surface area contributed by atoms with Gasteiger partial charge in [0.05, 0.1) is 0 Å². The molecule has 18 heavy (non-hydrogen) atoms. The van der Waals surface area contributed by atoms with Crippen LogP contribution in [0.3, 0.4) is 0 Å². The first-order chi connectivity index (χ1) is 8.74. The number of carbonyl (C=O) groups is 1. The number of carbonyl (C=O) groups excluding carboxylic acids is 1. The van der Waals surface area contributed by atoms with Gasteiger partial charge in [-0.1, -0.05) is 12.1 Å². The number of hydrogen-bond acceptors (Lipinski definition) is 2. The molecule has 4 heteroatoms. The number of nitrogens with one attached hydrogen (secondary N) is 2. The van der Waals surface area contributed by atoms with Crippen LogP contribution in [0.25, 0.3) is 0 Å². The monoisotopic (exact) mass is 250 g/mol. The van der Waals surface area contributed by atoms with E-state index in [0.717, 1.165) is 31.5 Å². The molecule has 1 aliphatic rings. The first-order valence-electron chi connectivity index (χ1n) is 6.46. The first-order valence-corrected chi connectivity index (χ1v) is 6.46. The zero-order valence-corrected chi connectivity index (χ0v) is 10.4. The Hall–Kier alpha value is -1.42. The minimum absolute atomic E-state index is 0.0769. The Morgan fingerprint density at radius 2 is 2.17 bits per heavy atom. The van der Waals surface area contributed by atoms with Gasteiger partial charge in [-0.3, -0.25) is 4.79 Å². The summed E-state index contributed by atoms with van der Waals surface area (Å²) in [5, 5.41) is 6.18. The molecule has 1 fully saturated rings. The summed E-state index contributed by atoms with van der Waals surface area (Å²) in [5.41, 5.74) is 0.923. The Balaban J connectivity index is 1.72. The first kappa shape index (κ1) is 13.0. The maximum absolute atomic E-state index is 12.7. The molecule has 0 unspecified atom stereocenters. The fraction of sp³-hybridized carbons (Fsp3) is 0.500. The fourth-order valence-corrected chi connectivity index (χ4v) is 2.24. The van der Waals surface area contributed by atoms with Gasteiger partial charge in [0.15, 0.2) is 0 Å². The van der Waals surface area contributed by atoms with E-state index in [9.17, 15) is 9.18 Å². The summed E-state index contributed by atoms with van der Waals surface area (Å²) in [4.78, 5) is 11.7. The Labute approximate surface area is 107 Å². The van der Waals surface area contributed by atoms with Crippen molar-refractivity contribution >= 4 is 5.91 Å². The van der Waals surface area contributed by atoms with Crippen LogP contribution in [0, 0.1) is 11.7 Å². The van der Waals surface area contributed by atoms with Gasteiger partial charge in [-0.25, -0.2) is 4.39 Å². The molecule has 1 heterocycles. The molecular weight excluding hydrogens is 231 g/mol. The highest BCUT2D eigenvalue weighted by atomic mass is 19.1. The lowest BCUT2D eigenvalue weighted by Gasteiger charge is -2.22. The number of piperidine rings is 1. The summed E-state index contributed by atoms with van der Waals surface area (Å²) in [6.07, 6.45) is 2.85. The van der Waals surface area contributed by atoms with Crippen molar-refractivity contribution in [2.75, 3.05) is 13.1 Å². The van der Waals surface area contributed by atoms with E-state index in [0.29, 0.717) is 18.9 Å². The lowest BCUT2D eigenvalue weighted by atomic mass is 9.96. The molecule has 2 N–H and O–H groups in total. The predicted octanol–water partition coefficient (Wildman–Crippen LogP) is 1.83. The number of rotatable bonds is 4. The minimum Gasteiger partial charge on any atom is -0.352 e. The topological polar surface area (TPSA) is 41.1 Å². The van der Waals surface area contributed by atoms with E-state index in [2.05, 4.69) is 10.6 Å². The van der Waals surface area contributed by atoms with Crippen LogP contribution < -0.4 is 10.6 Å². The van der Waals surface area contributed by atoms with E-state index < -0.39 is 0 Å². The Kier molecular flexibility index (Phi) is 4.70. The standard InChI is InChI=1S/C14H19FN2O/c15-13-5-3-11(4-6-13)10-17-14(18)8-12-2-1-7-16-9-12/h3-6,12,16H,1-2,7-10H2,(H,17,18)/t12-/m0/s1. The van der Waals surface area contributed by atoms with E-state index in [1.165, 1.54) is 12.1 Å². The highest BCUT2D eigenvalue weighted by Gasteiger charge is 2.16. The molecule has 98 valence electrons. The summed E-state index contributed by atoms with van der Waals surface area (Å²) < 4.78 is 12.7. The highest BCUT2D eigenvalue weighted by molar-refractivity contribution is 5.76. The largest absolute Gasteiger partial charge is 0.352 e. The summed E-state index contributed by atoms with van der Waals surface area (Å²) in [6, 6.07) is 6.20. The van der Waals surface area contributed by atoms with Crippen LogP contribution in [0.2, 0.25) is 0 Å². The molecule has 0 saturated carbocycles. The SMILES string of the molecule is O=C(C[C@@H]1CCCNC1)NCc1ccc(F)cc1. The van der Waals surface area contributed by atoms with Gasteiger partial charge in [0.1, 0.15) is 5.82 Å². The van der Waals surface area contributed by atoms with E-state index in [1.807, 2.05) is 0 Å². The summed E-state index contributed by atoms with van der Waals surface area (Å²) >= 11 is 0. The smallest absolute Gasteiger partial charge is 0.220 e. The number of halogens is 1. The molecule has 2 rings (SSSR count). The number of amides is 1. The van der Waals surface area contributed by atoms with Crippen LogP contribution in [-0.2, 0) is 11.3 Å². The minimum atomic E-state index is -0.252. The molecule has 0 aromatic heterocycles. The van der Waals surface area contributed by atoms with Crippen molar-refractivity contribution in [3.8, 4) is 0 Å². The van der Waals surface area contributed by atoms with Crippen LogP contribution in [0.5, 0.6) is 0 Å². The molecule has 0 aliphatic carbocycles. The lowest BCUT2D eigenvalue weighted by molar-refractivity contribution is -0.122. The average Bonchev–Trinajstić information content (AvgIpc) is 2.39. The maximum atomic E-state index is 12.7. The Morgan fingerprint density at radius 1 is 1.39 bits per heavy atom. The third-order valence-electron chi connectivity index (χ3n) is 3.28. The number of hydrogen-bond donors (Lipinski definition) is 2. The second kappa shape index (κ2) is 6.50. The second-order valence-corrected chi connectivity index (χ2v) is 4.82. The average molecular weight is 250 g/mol. The van der Waals surface area contributed by atoms with E-state index in [-0.39, 0.29) is 11.7 Å². The van der Waals surface area contributed by atoms with Gasteiger partial charge in [-0.2, -0.15) is 0 Å². The molecule has 0 radical (unpaired) electrons. The molecular formula is C14H19FN2O. The predicted molar refractivity (Wildman–Crippen MR) is 68.5 cm³/mol. The van der Waals surface area contributed by atoms with Gasteiger partial charge in [-0.15, -0.1) is 0 Å². The molecule has 3 nitrogen and oxygen atoms in total. The van der Waals surface area contributed by atoms with Crippen molar-refractivity contribution in [1.29, 1.82) is 0 Å². The molecule has 1 amide bonds. The summed E-state index contributed by atoms with van der Waals surface area (Å²) in [7, 11) is 0. The molecule has 1 saturated heterocycles. The number of benzene rings is 1. The van der Waals surface area contributed by atoms with Crippen LogP contribution in [0.1, 0.15) is 24.8 Å². The van der Waals surface area contributed by atoms with Crippen molar-refractivity contribution in [3.63, 3.8) is 0 Å². The fourth-order valence-electron chi connectivity index (χ4n) is 2.24. The van der Waals surface area contributed by atoms with E-state index >= 15 is 0 Å². The third kappa shape index (κ3) is 4.11. The van der Waals surface area contributed by atoms with Crippen molar-refractivity contribution in [2.24, 2.45) is 5.92 Å². The van der Waals surface area contributed by atoms with E-state index in [4.69, 9.17) is 0 Å². The molecule has 1 aliphatic heterocycles. The summed E-state index contributed by atoms with van der Waals surface area (Å²) in [5.74, 6) is 0.276. The molecule has 0 bridgehead atoms. The van der Waals surface area contributed by atoms with Crippen LogP contribution in [0.15, 0.2) is 24.3 Å². The zero-order chi connectivity index (χ0) is 12.8. The van der Waals surface area contributed by atoms with Gasteiger partial charge >= 0.3 is 0 Å². The van der Waals surface area contributed by atoms with E-state index in [1.54, 1.807) is 12.1 Å². The van der Waals surface area contributed by atoms with Crippen molar-refractivity contribution in [3.05, 3.63) is 35.6 Å². The van der Waals surface area contributed by atoms with Crippen LogP contribution in [-0.4, -0.2) is 19.0 Å². The molecule has 1 atom stereocenters. The molecule has 1 aromatic rings. The van der Waals surface area contributed by atoms with Crippen molar-refractivity contribution in [1.82, 2.24) is 10.6 Å². The van der Waals surface area contributed by atoms with Gasteiger partial charge in [-0.05, 0) is 49.5 Å². The van der Waals surface area contributed by atoms with Gasteiger partial charge in [0.25, 0.3) is 0 Å².